The summed E-state index contributed by atoms with van der Waals surface area (Å²) < 4.78 is 0. The van der Waals surface area contributed by atoms with Gasteiger partial charge in [-0.3, -0.25) is 9.89 Å². The fourth-order valence-corrected chi connectivity index (χ4v) is 3.56. The van der Waals surface area contributed by atoms with Crippen molar-refractivity contribution in [2.24, 2.45) is 0 Å². The highest BCUT2D eigenvalue weighted by atomic mass is 32.2. The molecule has 23 heavy (non-hydrogen) atoms. The zero-order valence-electron chi connectivity index (χ0n) is 13.3. The third-order valence-corrected chi connectivity index (χ3v) is 4.78. The number of aromatic amines is 1. The van der Waals surface area contributed by atoms with Crippen LogP contribution in [0, 0.1) is 6.92 Å². The summed E-state index contributed by atoms with van der Waals surface area (Å²) in [7, 11) is 0. The normalized spacial score (nSPS) is 20.7. The van der Waals surface area contributed by atoms with E-state index >= 15 is 0 Å². The Labute approximate surface area is 140 Å². The molecule has 3 rings (SSSR count). The molecular formula is C16H21N5OS. The molecular weight excluding hydrogens is 310 g/mol. The van der Waals surface area contributed by atoms with Gasteiger partial charge < -0.3 is 10.2 Å². The topological polar surface area (TPSA) is 73.9 Å². The van der Waals surface area contributed by atoms with Gasteiger partial charge >= 0.3 is 0 Å². The average molecular weight is 331 g/mol. The Morgan fingerprint density at radius 3 is 2.91 bits per heavy atom. The van der Waals surface area contributed by atoms with Gasteiger partial charge in [0.1, 0.15) is 5.82 Å². The van der Waals surface area contributed by atoms with E-state index in [0.717, 1.165) is 18.8 Å². The van der Waals surface area contributed by atoms with Gasteiger partial charge in [-0.1, -0.05) is 30.0 Å². The van der Waals surface area contributed by atoms with Crippen LogP contribution in [-0.4, -0.2) is 45.5 Å². The van der Waals surface area contributed by atoms with E-state index in [2.05, 4.69) is 44.5 Å². The molecule has 1 fully saturated rings. The molecule has 2 atom stereocenters. The van der Waals surface area contributed by atoms with Crippen LogP contribution in [0.4, 0.5) is 5.69 Å². The molecule has 122 valence electrons. The van der Waals surface area contributed by atoms with Crippen molar-refractivity contribution in [1.29, 1.82) is 0 Å². The summed E-state index contributed by atoms with van der Waals surface area (Å²) in [6, 6.07) is 10.9. The van der Waals surface area contributed by atoms with E-state index in [1.807, 2.05) is 25.1 Å². The Morgan fingerprint density at radius 1 is 1.43 bits per heavy atom. The lowest BCUT2D eigenvalue weighted by molar-refractivity contribution is -0.119. The van der Waals surface area contributed by atoms with Gasteiger partial charge in [0.2, 0.25) is 11.1 Å². The van der Waals surface area contributed by atoms with E-state index in [0.29, 0.717) is 17.0 Å². The molecule has 1 amide bonds. The maximum Gasteiger partial charge on any atom is 0.230 e. The molecule has 1 saturated heterocycles. The number of carbonyl (C=O) groups excluding carboxylic acids is 1. The van der Waals surface area contributed by atoms with Crippen molar-refractivity contribution < 1.29 is 4.79 Å². The van der Waals surface area contributed by atoms with Gasteiger partial charge in [0.25, 0.3) is 0 Å². The molecule has 0 spiro atoms. The van der Waals surface area contributed by atoms with Crippen LogP contribution in [-0.2, 0) is 4.79 Å². The highest BCUT2D eigenvalue weighted by Gasteiger charge is 2.30. The highest BCUT2D eigenvalue weighted by Crippen LogP contribution is 2.25. The standard InChI is InChI=1S/C16H21N5OS/c1-11-8-13(9-21(11)14-6-4-3-5-7-14)18-15(22)10-23-16-17-12(2)19-20-16/h3-7,11,13H,8-10H2,1-2H3,(H,18,22)(H,17,19,20). The monoisotopic (exact) mass is 331 g/mol. The smallest absolute Gasteiger partial charge is 0.230 e. The number of nitrogens with one attached hydrogen (secondary N) is 2. The summed E-state index contributed by atoms with van der Waals surface area (Å²) in [5.41, 5.74) is 1.21. The number of hydrogen-bond donors (Lipinski definition) is 2. The molecule has 1 aromatic carbocycles. The lowest BCUT2D eigenvalue weighted by Gasteiger charge is -2.23. The average Bonchev–Trinajstić information content (AvgIpc) is 3.12. The quantitative estimate of drug-likeness (QED) is 0.820. The minimum Gasteiger partial charge on any atom is -0.367 e. The molecule has 0 aliphatic carbocycles. The SMILES string of the molecule is Cc1nc(SCC(=O)NC2CC(C)N(c3ccccc3)C2)n[nH]1. The van der Waals surface area contributed by atoms with Crippen molar-refractivity contribution in [2.45, 2.75) is 37.5 Å². The molecule has 6 nitrogen and oxygen atoms in total. The molecule has 7 heteroatoms. The van der Waals surface area contributed by atoms with Gasteiger partial charge in [0.05, 0.1) is 5.75 Å². The van der Waals surface area contributed by atoms with E-state index < -0.39 is 0 Å². The van der Waals surface area contributed by atoms with Crippen LogP contribution in [0.5, 0.6) is 0 Å². The molecule has 1 aliphatic rings. The second-order valence-electron chi connectivity index (χ2n) is 5.83. The van der Waals surface area contributed by atoms with Crippen LogP contribution in [0.1, 0.15) is 19.2 Å². The van der Waals surface area contributed by atoms with Gasteiger partial charge in [-0.25, -0.2) is 4.98 Å². The molecule has 0 bridgehead atoms. The van der Waals surface area contributed by atoms with Crippen LogP contribution in [0.15, 0.2) is 35.5 Å². The van der Waals surface area contributed by atoms with Crippen LogP contribution < -0.4 is 10.2 Å². The van der Waals surface area contributed by atoms with E-state index in [-0.39, 0.29) is 11.9 Å². The number of benzene rings is 1. The number of H-pyrrole nitrogens is 1. The summed E-state index contributed by atoms with van der Waals surface area (Å²) in [5, 5.41) is 10.5. The Bertz CT molecular complexity index is 660. The molecule has 1 aromatic heterocycles. The van der Waals surface area contributed by atoms with Crippen molar-refractivity contribution in [3.8, 4) is 0 Å². The maximum atomic E-state index is 12.1. The van der Waals surface area contributed by atoms with Crippen LogP contribution in [0.3, 0.4) is 0 Å². The lowest BCUT2D eigenvalue weighted by atomic mass is 10.2. The van der Waals surface area contributed by atoms with Gasteiger partial charge in [0, 0.05) is 24.3 Å². The second-order valence-corrected chi connectivity index (χ2v) is 6.77. The van der Waals surface area contributed by atoms with Crippen molar-refractivity contribution in [2.75, 3.05) is 17.2 Å². The first-order valence-corrected chi connectivity index (χ1v) is 8.73. The lowest BCUT2D eigenvalue weighted by Crippen LogP contribution is -2.38. The van der Waals surface area contributed by atoms with E-state index in [4.69, 9.17) is 0 Å². The zero-order chi connectivity index (χ0) is 16.2. The summed E-state index contributed by atoms with van der Waals surface area (Å²) in [6.07, 6.45) is 0.963. The minimum atomic E-state index is 0.0320. The molecule has 0 saturated carbocycles. The summed E-state index contributed by atoms with van der Waals surface area (Å²) in [5.74, 6) is 1.13. The summed E-state index contributed by atoms with van der Waals surface area (Å²) >= 11 is 1.35. The van der Waals surface area contributed by atoms with Crippen LogP contribution in [0.25, 0.3) is 0 Å². The minimum absolute atomic E-state index is 0.0320. The fraction of sp³-hybridized carbons (Fsp3) is 0.438. The molecule has 1 aliphatic heterocycles. The number of nitrogens with zero attached hydrogens (tertiary/aromatic N) is 3. The number of carbonyl (C=O) groups is 1. The predicted molar refractivity (Wildman–Crippen MR) is 91.6 cm³/mol. The highest BCUT2D eigenvalue weighted by molar-refractivity contribution is 7.99. The molecule has 2 N–H and O–H groups in total. The van der Waals surface area contributed by atoms with Gasteiger partial charge in [0.15, 0.2) is 0 Å². The number of thioether (sulfide) groups is 1. The summed E-state index contributed by atoms with van der Waals surface area (Å²) in [6.45, 7) is 4.89. The number of hydrogen-bond acceptors (Lipinski definition) is 5. The van der Waals surface area contributed by atoms with Crippen molar-refractivity contribution in [3.05, 3.63) is 36.2 Å². The zero-order valence-corrected chi connectivity index (χ0v) is 14.1. The number of rotatable bonds is 5. The third-order valence-electron chi connectivity index (χ3n) is 3.94. The van der Waals surface area contributed by atoms with E-state index in [1.165, 1.54) is 17.4 Å². The fourth-order valence-electron chi connectivity index (χ4n) is 2.90. The van der Waals surface area contributed by atoms with E-state index in [9.17, 15) is 4.79 Å². The first-order valence-electron chi connectivity index (χ1n) is 7.74. The number of amides is 1. The summed E-state index contributed by atoms with van der Waals surface area (Å²) in [4.78, 5) is 18.6. The number of aryl methyl sites for hydroxylation is 1. The van der Waals surface area contributed by atoms with E-state index in [1.54, 1.807) is 0 Å². The number of para-hydroxylation sites is 1. The third kappa shape index (κ3) is 4.04. The van der Waals surface area contributed by atoms with Crippen molar-refractivity contribution in [1.82, 2.24) is 20.5 Å². The maximum absolute atomic E-state index is 12.1. The Morgan fingerprint density at radius 2 is 2.22 bits per heavy atom. The first-order chi connectivity index (χ1) is 11.1. The second kappa shape index (κ2) is 7.04. The molecule has 2 unspecified atom stereocenters. The molecule has 2 heterocycles. The number of aromatic nitrogens is 3. The first kappa shape index (κ1) is 15.9. The molecule has 2 aromatic rings. The van der Waals surface area contributed by atoms with Crippen molar-refractivity contribution >= 4 is 23.4 Å². The van der Waals surface area contributed by atoms with Gasteiger partial charge in [-0.2, -0.15) is 0 Å². The van der Waals surface area contributed by atoms with Crippen molar-refractivity contribution in [3.63, 3.8) is 0 Å². The largest absolute Gasteiger partial charge is 0.367 e. The van der Waals surface area contributed by atoms with Gasteiger partial charge in [-0.05, 0) is 32.4 Å². The van der Waals surface area contributed by atoms with Gasteiger partial charge in [-0.15, -0.1) is 5.10 Å². The Hall–Kier alpha value is -2.02. The Balaban J connectivity index is 1.50. The Kier molecular flexibility index (Phi) is 4.85. The number of anilines is 1. The van der Waals surface area contributed by atoms with Crippen LogP contribution in [0.2, 0.25) is 0 Å². The molecule has 0 radical (unpaired) electrons. The predicted octanol–water partition coefficient (Wildman–Crippen LogP) is 1.99. The van der Waals surface area contributed by atoms with Crippen LogP contribution >= 0.6 is 11.8 Å².